The molecule has 0 spiro atoms. The van der Waals surface area contributed by atoms with Crippen molar-refractivity contribution in [3.8, 4) is 12.5 Å². The summed E-state index contributed by atoms with van der Waals surface area (Å²) >= 11 is 1.71. The summed E-state index contributed by atoms with van der Waals surface area (Å²) in [5.74, 6) is 0. The van der Waals surface area contributed by atoms with E-state index >= 15 is 0 Å². The Kier molecular flexibility index (Phi) is 3.35. The van der Waals surface area contributed by atoms with E-state index in [1.165, 1.54) is 10.2 Å². The zero-order valence-electron chi connectivity index (χ0n) is 9.14. The quantitative estimate of drug-likeness (QED) is 0.484. The van der Waals surface area contributed by atoms with E-state index in [9.17, 15) is 0 Å². The first-order valence-electron chi connectivity index (χ1n) is 4.70. The zero-order chi connectivity index (χ0) is 10.8. The molecule has 14 heavy (non-hydrogen) atoms. The van der Waals surface area contributed by atoms with E-state index < -0.39 is 8.07 Å². The first kappa shape index (κ1) is 11.3. The lowest BCUT2D eigenvalue weighted by molar-refractivity contribution is 1.07. The molecule has 0 bridgehead atoms. The highest BCUT2D eigenvalue weighted by Gasteiger charge is 2.23. The van der Waals surface area contributed by atoms with Crippen molar-refractivity contribution >= 4 is 29.0 Å². The summed E-state index contributed by atoms with van der Waals surface area (Å²) in [7, 11) is -1.26. The number of nitrogens with one attached hydrogen (secondary N) is 1. The second-order valence-electron chi connectivity index (χ2n) is 4.17. The molecule has 0 saturated carbocycles. The SMILES string of the molecule is C#CNc1nc(CC)c([Si](C)(C)C)s1. The van der Waals surface area contributed by atoms with Gasteiger partial charge in [0.1, 0.15) is 0 Å². The van der Waals surface area contributed by atoms with Crippen molar-refractivity contribution < 1.29 is 0 Å². The lowest BCUT2D eigenvalue weighted by Crippen LogP contribution is -2.37. The highest BCUT2D eigenvalue weighted by Crippen LogP contribution is 2.18. The van der Waals surface area contributed by atoms with Crippen LogP contribution in [0.4, 0.5) is 5.13 Å². The molecule has 0 aliphatic rings. The molecule has 0 saturated heterocycles. The van der Waals surface area contributed by atoms with Gasteiger partial charge < -0.3 is 0 Å². The van der Waals surface area contributed by atoms with Gasteiger partial charge in [0.25, 0.3) is 0 Å². The Hall–Kier alpha value is -0.793. The van der Waals surface area contributed by atoms with Gasteiger partial charge in [-0.3, -0.25) is 5.32 Å². The fraction of sp³-hybridized carbons (Fsp3) is 0.500. The number of thiazole rings is 1. The number of aromatic nitrogens is 1. The van der Waals surface area contributed by atoms with Crippen LogP contribution in [0.2, 0.25) is 19.6 Å². The minimum Gasteiger partial charge on any atom is -0.291 e. The normalized spacial score (nSPS) is 11.1. The van der Waals surface area contributed by atoms with E-state index in [4.69, 9.17) is 6.42 Å². The number of anilines is 1. The van der Waals surface area contributed by atoms with Gasteiger partial charge in [0.15, 0.2) is 5.13 Å². The average molecular weight is 224 g/mol. The van der Waals surface area contributed by atoms with Crippen molar-refractivity contribution in [3.05, 3.63) is 5.69 Å². The minimum absolute atomic E-state index is 0.863. The van der Waals surface area contributed by atoms with E-state index in [0.717, 1.165) is 11.6 Å². The molecular weight excluding hydrogens is 208 g/mol. The van der Waals surface area contributed by atoms with Crippen LogP contribution in [0.1, 0.15) is 12.6 Å². The van der Waals surface area contributed by atoms with E-state index in [1.54, 1.807) is 11.3 Å². The fourth-order valence-electron chi connectivity index (χ4n) is 1.29. The number of hydrogen-bond donors (Lipinski definition) is 1. The maximum atomic E-state index is 5.19. The summed E-state index contributed by atoms with van der Waals surface area (Å²) in [6.07, 6.45) is 6.18. The third-order valence-electron chi connectivity index (χ3n) is 1.89. The topological polar surface area (TPSA) is 24.9 Å². The Morgan fingerprint density at radius 1 is 1.50 bits per heavy atom. The van der Waals surface area contributed by atoms with Gasteiger partial charge in [0.2, 0.25) is 0 Å². The second kappa shape index (κ2) is 4.16. The summed E-state index contributed by atoms with van der Waals surface area (Å²) in [5, 5.41) is 3.69. The maximum absolute atomic E-state index is 5.19. The van der Waals surface area contributed by atoms with Crippen LogP contribution in [-0.2, 0) is 6.42 Å². The summed E-state index contributed by atoms with van der Waals surface area (Å²) in [6, 6.07) is 2.41. The molecule has 0 atom stereocenters. The first-order valence-corrected chi connectivity index (χ1v) is 9.02. The van der Waals surface area contributed by atoms with Crippen LogP contribution in [-0.4, -0.2) is 13.1 Å². The Labute approximate surface area is 90.8 Å². The van der Waals surface area contributed by atoms with Crippen LogP contribution in [0.5, 0.6) is 0 Å². The molecule has 1 N–H and O–H groups in total. The molecule has 2 nitrogen and oxygen atoms in total. The number of terminal acetylenes is 1. The fourth-order valence-corrected chi connectivity index (χ4v) is 4.67. The molecule has 0 amide bonds. The van der Waals surface area contributed by atoms with Gasteiger partial charge in [0.05, 0.1) is 13.8 Å². The Morgan fingerprint density at radius 3 is 2.50 bits per heavy atom. The van der Waals surface area contributed by atoms with Crippen molar-refractivity contribution in [1.82, 2.24) is 4.98 Å². The van der Waals surface area contributed by atoms with Gasteiger partial charge in [-0.05, 0) is 6.42 Å². The predicted octanol–water partition coefficient (Wildman–Crippen LogP) is 2.25. The summed E-state index contributed by atoms with van der Waals surface area (Å²) in [4.78, 5) is 4.48. The van der Waals surface area contributed by atoms with Crippen molar-refractivity contribution in [2.75, 3.05) is 5.32 Å². The smallest absolute Gasteiger partial charge is 0.194 e. The predicted molar refractivity (Wildman–Crippen MR) is 66.9 cm³/mol. The molecule has 1 rings (SSSR count). The molecule has 76 valence electrons. The number of rotatable bonds is 3. The molecule has 0 radical (unpaired) electrons. The van der Waals surface area contributed by atoms with Crippen LogP contribution >= 0.6 is 11.3 Å². The van der Waals surface area contributed by atoms with Gasteiger partial charge in [-0.15, -0.1) is 11.3 Å². The Bertz CT molecular complexity index is 357. The lowest BCUT2D eigenvalue weighted by atomic mass is 10.4. The van der Waals surface area contributed by atoms with Crippen molar-refractivity contribution in [2.24, 2.45) is 0 Å². The van der Waals surface area contributed by atoms with E-state index in [-0.39, 0.29) is 0 Å². The summed E-state index contributed by atoms with van der Waals surface area (Å²) in [6.45, 7) is 9.14. The molecule has 1 aromatic heterocycles. The highest BCUT2D eigenvalue weighted by molar-refractivity contribution is 7.29. The zero-order valence-corrected chi connectivity index (χ0v) is 11.0. The number of hydrogen-bond acceptors (Lipinski definition) is 3. The van der Waals surface area contributed by atoms with Gasteiger partial charge in [-0.2, -0.15) is 0 Å². The molecule has 0 aromatic carbocycles. The second-order valence-corrected chi connectivity index (χ2v) is 10.5. The standard InChI is InChI=1S/C10H16N2SSi/c1-6-8-9(14(3,4)5)13-10(12-8)11-7-2/h2H,6H2,1,3-5H3,(H,11,12). The molecule has 0 aliphatic carbocycles. The van der Waals surface area contributed by atoms with Crippen LogP contribution in [0.25, 0.3) is 0 Å². The van der Waals surface area contributed by atoms with Gasteiger partial charge in [-0.25, -0.2) is 4.98 Å². The number of nitrogens with zero attached hydrogens (tertiary/aromatic N) is 1. The van der Waals surface area contributed by atoms with Gasteiger partial charge in [0, 0.05) is 10.5 Å². The summed E-state index contributed by atoms with van der Waals surface area (Å²) < 4.78 is 1.46. The van der Waals surface area contributed by atoms with Gasteiger partial charge >= 0.3 is 0 Å². The van der Waals surface area contributed by atoms with Gasteiger partial charge in [-0.1, -0.05) is 33.0 Å². The molecule has 0 aliphatic heterocycles. The molecule has 0 unspecified atom stereocenters. The van der Waals surface area contributed by atoms with E-state index in [2.05, 4.69) is 42.9 Å². The summed E-state index contributed by atoms with van der Waals surface area (Å²) in [5.41, 5.74) is 1.21. The molecule has 1 heterocycles. The maximum Gasteiger partial charge on any atom is 0.194 e. The molecule has 4 heteroatoms. The molecule has 0 fully saturated rings. The minimum atomic E-state index is -1.26. The van der Waals surface area contributed by atoms with Crippen LogP contribution in [0.3, 0.4) is 0 Å². The van der Waals surface area contributed by atoms with Crippen molar-refractivity contribution in [2.45, 2.75) is 33.0 Å². The number of aryl methyl sites for hydroxylation is 1. The van der Waals surface area contributed by atoms with E-state index in [1.807, 2.05) is 0 Å². The Morgan fingerprint density at radius 2 is 2.14 bits per heavy atom. The van der Waals surface area contributed by atoms with Crippen molar-refractivity contribution in [3.63, 3.8) is 0 Å². The van der Waals surface area contributed by atoms with Crippen LogP contribution in [0, 0.1) is 12.5 Å². The lowest BCUT2D eigenvalue weighted by Gasteiger charge is -2.14. The van der Waals surface area contributed by atoms with E-state index in [0.29, 0.717) is 0 Å². The monoisotopic (exact) mass is 224 g/mol. The highest BCUT2D eigenvalue weighted by atomic mass is 32.1. The third kappa shape index (κ3) is 2.37. The van der Waals surface area contributed by atoms with Crippen LogP contribution in [0.15, 0.2) is 0 Å². The van der Waals surface area contributed by atoms with Crippen LogP contribution < -0.4 is 9.82 Å². The first-order chi connectivity index (χ1) is 6.49. The largest absolute Gasteiger partial charge is 0.291 e. The van der Waals surface area contributed by atoms with Crippen molar-refractivity contribution in [1.29, 1.82) is 0 Å². The third-order valence-corrected chi connectivity index (χ3v) is 6.51. The molecule has 1 aromatic rings. The molecular formula is C10H16N2SSi. The average Bonchev–Trinajstić information content (AvgIpc) is 2.47. The Balaban J connectivity index is 3.10.